The van der Waals surface area contributed by atoms with Crippen LogP contribution < -0.4 is 29.6 Å². The summed E-state index contributed by atoms with van der Waals surface area (Å²) in [5.74, 6) is -0.168. The van der Waals surface area contributed by atoms with Gasteiger partial charge in [0.15, 0.2) is 5.78 Å². The van der Waals surface area contributed by atoms with Crippen molar-refractivity contribution in [2.75, 3.05) is 0 Å². The molecule has 0 radical (unpaired) electrons. The molecule has 2 aromatic rings. The number of rotatable bonds is 0. The zero-order chi connectivity index (χ0) is 12.0. The van der Waals surface area contributed by atoms with Gasteiger partial charge in [-0.1, -0.05) is 28.8 Å². The van der Waals surface area contributed by atoms with Gasteiger partial charge >= 0.3 is 29.6 Å². The Labute approximate surface area is 127 Å². The first-order chi connectivity index (χ1) is 8.18. The SMILES string of the molecule is Cc1ccc2c(c1)C(=O)c1c[c-]ccc1C2=O.[Na+]. The van der Waals surface area contributed by atoms with Gasteiger partial charge in [0.1, 0.15) is 5.78 Å². The Kier molecular flexibility index (Phi) is 3.53. The molecule has 0 amide bonds. The van der Waals surface area contributed by atoms with E-state index < -0.39 is 0 Å². The number of aryl methyl sites for hydroxylation is 1. The maximum absolute atomic E-state index is 12.2. The van der Waals surface area contributed by atoms with Crippen molar-refractivity contribution >= 4 is 11.6 Å². The van der Waals surface area contributed by atoms with Crippen molar-refractivity contribution in [3.8, 4) is 0 Å². The summed E-state index contributed by atoms with van der Waals surface area (Å²) in [6.45, 7) is 1.91. The van der Waals surface area contributed by atoms with Crippen LogP contribution in [-0.4, -0.2) is 11.6 Å². The summed E-state index contributed by atoms with van der Waals surface area (Å²) < 4.78 is 0. The van der Waals surface area contributed by atoms with E-state index in [0.29, 0.717) is 22.3 Å². The topological polar surface area (TPSA) is 34.1 Å². The summed E-state index contributed by atoms with van der Waals surface area (Å²) >= 11 is 0. The van der Waals surface area contributed by atoms with Crippen LogP contribution in [0.2, 0.25) is 0 Å². The van der Waals surface area contributed by atoms with E-state index in [0.717, 1.165) is 5.56 Å². The second-order valence-corrected chi connectivity index (χ2v) is 4.18. The van der Waals surface area contributed by atoms with Crippen LogP contribution in [0.4, 0.5) is 0 Å². The standard InChI is InChI=1S/C15H9O2.Na/c1-9-6-7-12-13(8-9)15(17)11-5-3-2-4-10(11)14(12)16;/h2,4-8H,1H3;/q-1;+1. The van der Waals surface area contributed by atoms with Crippen LogP contribution >= 0.6 is 0 Å². The van der Waals surface area contributed by atoms with Crippen LogP contribution in [0.1, 0.15) is 37.4 Å². The average Bonchev–Trinajstić information content (AvgIpc) is 2.36. The monoisotopic (exact) mass is 244 g/mol. The van der Waals surface area contributed by atoms with E-state index in [2.05, 4.69) is 6.07 Å². The van der Waals surface area contributed by atoms with Gasteiger partial charge in [-0.15, -0.1) is 0 Å². The number of benzene rings is 2. The van der Waals surface area contributed by atoms with E-state index in [9.17, 15) is 9.59 Å². The number of carbonyl (C=O) groups is 2. The normalized spacial score (nSPS) is 12.5. The summed E-state index contributed by atoms with van der Waals surface area (Å²) in [6.07, 6.45) is 0. The van der Waals surface area contributed by atoms with Crippen molar-refractivity contribution in [3.63, 3.8) is 0 Å². The van der Waals surface area contributed by atoms with Gasteiger partial charge in [-0.2, -0.15) is 24.3 Å². The molecule has 0 aromatic heterocycles. The molecule has 18 heavy (non-hydrogen) atoms. The van der Waals surface area contributed by atoms with Gasteiger partial charge in [-0.3, -0.25) is 4.79 Å². The third kappa shape index (κ3) is 1.87. The van der Waals surface area contributed by atoms with E-state index in [-0.39, 0.29) is 41.1 Å². The predicted octanol–water partition coefficient (Wildman–Crippen LogP) is -0.425. The molecule has 0 N–H and O–H groups in total. The van der Waals surface area contributed by atoms with Crippen LogP contribution in [0.15, 0.2) is 36.4 Å². The van der Waals surface area contributed by atoms with Gasteiger partial charge in [0, 0.05) is 11.1 Å². The third-order valence-electron chi connectivity index (χ3n) is 3.02. The fraction of sp³-hybridized carbons (Fsp3) is 0.0667. The van der Waals surface area contributed by atoms with Crippen molar-refractivity contribution in [1.82, 2.24) is 0 Å². The maximum atomic E-state index is 12.2. The molecule has 0 heterocycles. The van der Waals surface area contributed by atoms with E-state index >= 15 is 0 Å². The first-order valence-electron chi connectivity index (χ1n) is 5.38. The van der Waals surface area contributed by atoms with Gasteiger partial charge in [0.05, 0.1) is 0 Å². The number of ketones is 2. The number of carbonyl (C=O) groups excluding carboxylic acids is 2. The molecular formula is C15H9NaO2. The first kappa shape index (κ1) is 13.2. The van der Waals surface area contributed by atoms with E-state index in [4.69, 9.17) is 0 Å². The van der Waals surface area contributed by atoms with Crippen molar-refractivity contribution < 1.29 is 39.1 Å². The molecule has 2 nitrogen and oxygen atoms in total. The van der Waals surface area contributed by atoms with Gasteiger partial charge in [-0.25, -0.2) is 0 Å². The van der Waals surface area contributed by atoms with E-state index in [1.807, 2.05) is 13.0 Å². The summed E-state index contributed by atoms with van der Waals surface area (Å²) in [6, 6.07) is 13.1. The molecule has 1 aliphatic carbocycles. The molecule has 3 rings (SSSR count). The molecule has 0 saturated carbocycles. The van der Waals surface area contributed by atoms with Crippen LogP contribution in [0, 0.1) is 13.0 Å². The van der Waals surface area contributed by atoms with Gasteiger partial charge in [-0.05, 0) is 13.0 Å². The Hall–Kier alpha value is -1.22. The van der Waals surface area contributed by atoms with Crippen molar-refractivity contribution in [2.24, 2.45) is 0 Å². The van der Waals surface area contributed by atoms with Gasteiger partial charge < -0.3 is 4.79 Å². The Balaban J connectivity index is 0.00000120. The summed E-state index contributed by atoms with van der Waals surface area (Å²) in [5.41, 5.74) is 2.91. The second kappa shape index (κ2) is 4.81. The molecule has 82 valence electrons. The third-order valence-corrected chi connectivity index (χ3v) is 3.02. The molecule has 0 atom stereocenters. The number of fused-ring (bicyclic) bond motifs is 2. The van der Waals surface area contributed by atoms with Gasteiger partial charge in [0.25, 0.3) is 0 Å². The minimum atomic E-state index is -0.0878. The molecule has 3 heteroatoms. The Morgan fingerprint density at radius 2 is 1.56 bits per heavy atom. The molecule has 0 aliphatic heterocycles. The van der Waals surface area contributed by atoms with Crippen molar-refractivity contribution in [1.29, 1.82) is 0 Å². The quantitative estimate of drug-likeness (QED) is 0.397. The zero-order valence-corrected chi connectivity index (χ0v) is 12.3. The van der Waals surface area contributed by atoms with Crippen LogP contribution in [0.3, 0.4) is 0 Å². The molecular weight excluding hydrogens is 235 g/mol. The van der Waals surface area contributed by atoms with Gasteiger partial charge in [0.2, 0.25) is 0 Å². The van der Waals surface area contributed by atoms with E-state index in [1.165, 1.54) is 0 Å². The maximum Gasteiger partial charge on any atom is 1.00 e. The Bertz CT molecular complexity index is 659. The molecule has 0 spiro atoms. The zero-order valence-electron chi connectivity index (χ0n) is 10.3. The Morgan fingerprint density at radius 3 is 2.33 bits per heavy atom. The summed E-state index contributed by atoms with van der Waals surface area (Å²) in [5, 5.41) is 0. The molecule has 0 saturated heterocycles. The minimum Gasteiger partial charge on any atom is -0.303 e. The summed E-state index contributed by atoms with van der Waals surface area (Å²) in [7, 11) is 0. The Morgan fingerprint density at radius 1 is 0.889 bits per heavy atom. The fourth-order valence-corrected chi connectivity index (χ4v) is 2.15. The van der Waals surface area contributed by atoms with Crippen molar-refractivity contribution in [3.05, 3.63) is 70.3 Å². The number of hydrogen-bond acceptors (Lipinski definition) is 2. The van der Waals surface area contributed by atoms with E-state index in [1.54, 1.807) is 30.3 Å². The molecule has 1 aliphatic rings. The minimum absolute atomic E-state index is 0. The van der Waals surface area contributed by atoms with Crippen LogP contribution in [-0.2, 0) is 0 Å². The fourth-order valence-electron chi connectivity index (χ4n) is 2.15. The van der Waals surface area contributed by atoms with Crippen molar-refractivity contribution in [2.45, 2.75) is 6.92 Å². The first-order valence-corrected chi connectivity index (χ1v) is 5.38. The van der Waals surface area contributed by atoms with Crippen LogP contribution in [0.25, 0.3) is 0 Å². The van der Waals surface area contributed by atoms with Crippen LogP contribution in [0.5, 0.6) is 0 Å². The molecule has 2 aromatic carbocycles. The number of hydrogen-bond donors (Lipinski definition) is 0. The molecule has 0 fully saturated rings. The predicted molar refractivity (Wildman–Crippen MR) is 63.3 cm³/mol. The second-order valence-electron chi connectivity index (χ2n) is 4.18. The summed E-state index contributed by atoms with van der Waals surface area (Å²) in [4.78, 5) is 24.4. The molecule has 0 bridgehead atoms. The average molecular weight is 244 g/mol. The smallest absolute Gasteiger partial charge is 0.303 e. The molecule has 0 unspecified atom stereocenters. The largest absolute Gasteiger partial charge is 1.00 e.